The summed E-state index contributed by atoms with van der Waals surface area (Å²) < 4.78 is 0. The van der Waals surface area contributed by atoms with Crippen molar-refractivity contribution in [1.29, 1.82) is 0 Å². The fraction of sp³-hybridized carbons (Fsp3) is 0.200. The highest BCUT2D eigenvalue weighted by Gasteiger charge is 2.25. The van der Waals surface area contributed by atoms with Crippen molar-refractivity contribution in [3.63, 3.8) is 0 Å². The van der Waals surface area contributed by atoms with Crippen molar-refractivity contribution >= 4 is 22.6 Å². The first kappa shape index (κ1) is 14.0. The maximum atomic E-state index is 12.0. The fourth-order valence-electron chi connectivity index (χ4n) is 1.94. The normalized spacial score (nSPS) is 13.7. The minimum Gasteiger partial charge on any atom is -0.480 e. The van der Waals surface area contributed by atoms with Crippen molar-refractivity contribution in [3.8, 4) is 0 Å². The van der Waals surface area contributed by atoms with E-state index in [9.17, 15) is 14.7 Å². The van der Waals surface area contributed by atoms with E-state index in [0.717, 1.165) is 10.8 Å². The van der Waals surface area contributed by atoms with E-state index >= 15 is 0 Å². The lowest BCUT2D eigenvalue weighted by molar-refractivity contribution is -0.141. The van der Waals surface area contributed by atoms with Gasteiger partial charge in [0.2, 0.25) is 0 Å². The number of aliphatic hydroxyl groups excluding tert-OH is 1. The quantitative estimate of drug-likeness (QED) is 0.786. The van der Waals surface area contributed by atoms with Crippen molar-refractivity contribution in [2.75, 3.05) is 0 Å². The lowest BCUT2D eigenvalue weighted by Crippen LogP contribution is -2.47. The molecule has 0 aromatic heterocycles. The molecular formula is C15H15NO4. The topological polar surface area (TPSA) is 86.6 Å². The van der Waals surface area contributed by atoms with Crippen molar-refractivity contribution in [2.24, 2.45) is 0 Å². The molecule has 2 aromatic carbocycles. The van der Waals surface area contributed by atoms with Crippen LogP contribution in [0.25, 0.3) is 10.8 Å². The van der Waals surface area contributed by atoms with E-state index < -0.39 is 24.0 Å². The molecule has 0 fully saturated rings. The molecule has 0 unspecified atom stereocenters. The molecule has 0 heterocycles. The molecule has 1 amide bonds. The van der Waals surface area contributed by atoms with Crippen LogP contribution >= 0.6 is 0 Å². The molecule has 5 nitrogen and oxygen atoms in total. The molecule has 2 atom stereocenters. The van der Waals surface area contributed by atoms with Crippen LogP contribution in [-0.4, -0.2) is 34.2 Å². The Morgan fingerprint density at radius 2 is 1.75 bits per heavy atom. The molecule has 0 aliphatic heterocycles. The van der Waals surface area contributed by atoms with Gasteiger partial charge in [-0.05, 0) is 29.8 Å². The SMILES string of the molecule is C[C@@H](O)[C@H](NC(=O)c1ccc2ccccc2c1)C(=O)O. The fourth-order valence-corrected chi connectivity index (χ4v) is 1.94. The molecule has 2 rings (SSSR count). The zero-order valence-corrected chi connectivity index (χ0v) is 10.9. The van der Waals surface area contributed by atoms with Gasteiger partial charge >= 0.3 is 5.97 Å². The van der Waals surface area contributed by atoms with E-state index in [1.54, 1.807) is 18.2 Å². The number of carboxylic acid groups (broad SMARTS) is 1. The van der Waals surface area contributed by atoms with Gasteiger partial charge in [-0.3, -0.25) is 4.79 Å². The molecule has 0 aliphatic rings. The van der Waals surface area contributed by atoms with E-state index in [1.807, 2.05) is 24.3 Å². The molecule has 0 aliphatic carbocycles. The summed E-state index contributed by atoms with van der Waals surface area (Å²) in [7, 11) is 0. The predicted octanol–water partition coefficient (Wildman–Crippen LogP) is 1.40. The lowest BCUT2D eigenvalue weighted by atomic mass is 10.1. The van der Waals surface area contributed by atoms with Gasteiger partial charge in [0, 0.05) is 5.56 Å². The molecule has 0 saturated heterocycles. The zero-order valence-electron chi connectivity index (χ0n) is 10.9. The number of fused-ring (bicyclic) bond motifs is 1. The number of carbonyl (C=O) groups excluding carboxylic acids is 1. The number of aliphatic hydroxyl groups is 1. The maximum Gasteiger partial charge on any atom is 0.328 e. The minimum absolute atomic E-state index is 0.357. The molecular weight excluding hydrogens is 258 g/mol. The van der Waals surface area contributed by atoms with Gasteiger partial charge in [-0.1, -0.05) is 30.3 Å². The smallest absolute Gasteiger partial charge is 0.328 e. The van der Waals surface area contributed by atoms with Crippen LogP contribution in [0.15, 0.2) is 42.5 Å². The van der Waals surface area contributed by atoms with Crippen LogP contribution in [-0.2, 0) is 4.79 Å². The summed E-state index contributed by atoms with van der Waals surface area (Å²) in [6, 6.07) is 11.3. The standard InChI is InChI=1S/C15H15NO4/c1-9(17)13(15(19)20)16-14(18)12-7-6-10-4-2-3-5-11(10)8-12/h2-9,13,17H,1H3,(H,16,18)(H,19,20)/t9-,13+/m1/s1. The van der Waals surface area contributed by atoms with Crippen molar-refractivity contribution in [2.45, 2.75) is 19.1 Å². The summed E-state index contributed by atoms with van der Waals surface area (Å²) in [6.45, 7) is 1.32. The zero-order chi connectivity index (χ0) is 14.7. The van der Waals surface area contributed by atoms with Gasteiger partial charge in [-0.2, -0.15) is 0 Å². The van der Waals surface area contributed by atoms with Gasteiger partial charge in [0.05, 0.1) is 6.10 Å². The van der Waals surface area contributed by atoms with Gasteiger partial charge in [-0.15, -0.1) is 0 Å². The predicted molar refractivity (Wildman–Crippen MR) is 74.5 cm³/mol. The molecule has 0 saturated carbocycles. The number of hydrogen-bond acceptors (Lipinski definition) is 3. The number of carbonyl (C=O) groups is 2. The summed E-state index contributed by atoms with van der Waals surface area (Å²) in [5.74, 6) is -1.79. The first-order valence-electron chi connectivity index (χ1n) is 6.19. The first-order chi connectivity index (χ1) is 9.49. The molecule has 20 heavy (non-hydrogen) atoms. The number of carboxylic acids is 1. The second-order valence-corrected chi connectivity index (χ2v) is 4.59. The number of benzene rings is 2. The Bertz CT molecular complexity index is 651. The highest BCUT2D eigenvalue weighted by Crippen LogP contribution is 2.15. The molecule has 5 heteroatoms. The second-order valence-electron chi connectivity index (χ2n) is 4.59. The molecule has 0 radical (unpaired) electrons. The Kier molecular flexibility index (Phi) is 4.00. The van der Waals surface area contributed by atoms with E-state index in [2.05, 4.69) is 5.32 Å². The molecule has 0 bridgehead atoms. The van der Waals surface area contributed by atoms with Crippen molar-refractivity contribution < 1.29 is 19.8 Å². The van der Waals surface area contributed by atoms with Gasteiger partial charge in [0.15, 0.2) is 6.04 Å². The van der Waals surface area contributed by atoms with Gasteiger partial charge < -0.3 is 15.5 Å². The van der Waals surface area contributed by atoms with E-state index in [0.29, 0.717) is 5.56 Å². The monoisotopic (exact) mass is 273 g/mol. The Hall–Kier alpha value is -2.40. The first-order valence-corrected chi connectivity index (χ1v) is 6.19. The van der Waals surface area contributed by atoms with Crippen LogP contribution in [0, 0.1) is 0 Å². The van der Waals surface area contributed by atoms with Crippen LogP contribution in [0.1, 0.15) is 17.3 Å². The highest BCUT2D eigenvalue weighted by atomic mass is 16.4. The van der Waals surface area contributed by atoms with Crippen molar-refractivity contribution in [1.82, 2.24) is 5.32 Å². The van der Waals surface area contributed by atoms with E-state index in [-0.39, 0.29) is 0 Å². The third-order valence-corrected chi connectivity index (χ3v) is 3.05. The highest BCUT2D eigenvalue weighted by molar-refractivity contribution is 6.00. The Labute approximate surface area is 115 Å². The van der Waals surface area contributed by atoms with Gasteiger partial charge in [0.1, 0.15) is 0 Å². The average molecular weight is 273 g/mol. The minimum atomic E-state index is -1.33. The number of hydrogen-bond donors (Lipinski definition) is 3. The van der Waals surface area contributed by atoms with Gasteiger partial charge in [-0.25, -0.2) is 4.79 Å². The summed E-state index contributed by atoms with van der Waals surface area (Å²) in [5, 5.41) is 22.5. The third-order valence-electron chi connectivity index (χ3n) is 3.05. The van der Waals surface area contributed by atoms with Crippen LogP contribution < -0.4 is 5.32 Å². The summed E-state index contributed by atoms with van der Waals surface area (Å²) in [6.07, 6.45) is -1.17. The maximum absolute atomic E-state index is 12.0. The third kappa shape index (κ3) is 2.95. The molecule has 3 N–H and O–H groups in total. The molecule has 2 aromatic rings. The van der Waals surface area contributed by atoms with E-state index in [4.69, 9.17) is 5.11 Å². The van der Waals surface area contributed by atoms with Crippen LogP contribution in [0.2, 0.25) is 0 Å². The number of nitrogens with one attached hydrogen (secondary N) is 1. The number of rotatable bonds is 4. The average Bonchev–Trinajstić information content (AvgIpc) is 2.43. The lowest BCUT2D eigenvalue weighted by Gasteiger charge is -2.17. The summed E-state index contributed by atoms with van der Waals surface area (Å²) >= 11 is 0. The Morgan fingerprint density at radius 1 is 1.10 bits per heavy atom. The van der Waals surface area contributed by atoms with Crippen LogP contribution in [0.5, 0.6) is 0 Å². The summed E-state index contributed by atoms with van der Waals surface area (Å²) in [5.41, 5.74) is 0.357. The number of aliphatic carboxylic acids is 1. The molecule has 0 spiro atoms. The summed E-state index contributed by atoms with van der Waals surface area (Å²) in [4.78, 5) is 23.0. The Morgan fingerprint density at radius 3 is 2.35 bits per heavy atom. The van der Waals surface area contributed by atoms with Crippen molar-refractivity contribution in [3.05, 3.63) is 48.0 Å². The van der Waals surface area contributed by atoms with Crippen LogP contribution in [0.4, 0.5) is 0 Å². The van der Waals surface area contributed by atoms with Gasteiger partial charge in [0.25, 0.3) is 5.91 Å². The van der Waals surface area contributed by atoms with Crippen LogP contribution in [0.3, 0.4) is 0 Å². The largest absolute Gasteiger partial charge is 0.480 e. The van der Waals surface area contributed by atoms with E-state index in [1.165, 1.54) is 6.92 Å². The molecule has 104 valence electrons. The Balaban J connectivity index is 2.24. The second kappa shape index (κ2) is 5.71. The number of amides is 1.